The van der Waals surface area contributed by atoms with Crippen molar-refractivity contribution in [2.75, 3.05) is 5.32 Å². The molecule has 10 heteroatoms. The van der Waals surface area contributed by atoms with Crippen molar-refractivity contribution in [3.63, 3.8) is 0 Å². The lowest BCUT2D eigenvalue weighted by Gasteiger charge is -2.32. The summed E-state index contributed by atoms with van der Waals surface area (Å²) >= 11 is 0. The van der Waals surface area contributed by atoms with Crippen LogP contribution in [0.2, 0.25) is 0 Å². The summed E-state index contributed by atoms with van der Waals surface area (Å²) < 4.78 is 52.8. The summed E-state index contributed by atoms with van der Waals surface area (Å²) in [6.07, 6.45) is -0.404. The Morgan fingerprint density at radius 3 is 2.62 bits per heavy atom. The molecular formula is C22H17F4N5O. The van der Waals surface area contributed by atoms with Crippen LogP contribution in [0.25, 0.3) is 0 Å². The lowest BCUT2D eigenvalue weighted by atomic mass is 9.82. The second-order valence-corrected chi connectivity index (χ2v) is 7.56. The summed E-state index contributed by atoms with van der Waals surface area (Å²) in [6, 6.07) is 7.49. The monoisotopic (exact) mass is 443 g/mol. The number of benzene rings is 1. The fourth-order valence-corrected chi connectivity index (χ4v) is 3.61. The molecule has 164 valence electrons. The molecule has 0 spiro atoms. The topological polar surface area (TPSA) is 93.3 Å². The van der Waals surface area contributed by atoms with Crippen molar-refractivity contribution in [3.8, 4) is 0 Å². The van der Waals surface area contributed by atoms with Crippen LogP contribution in [-0.4, -0.2) is 21.7 Å². The quantitative estimate of drug-likeness (QED) is 0.597. The number of nitrogens with two attached hydrogens (primary N) is 1. The van der Waals surface area contributed by atoms with Crippen LogP contribution >= 0.6 is 0 Å². The summed E-state index contributed by atoms with van der Waals surface area (Å²) in [5, 5.41) is 2.53. The minimum absolute atomic E-state index is 0.209. The normalized spacial score (nSPS) is 18.0. The molecule has 1 amide bonds. The Bertz CT molecular complexity index is 1220. The van der Waals surface area contributed by atoms with Gasteiger partial charge in [-0.2, -0.15) is 13.2 Å². The number of fused-ring (bicyclic) bond motifs is 1. The van der Waals surface area contributed by atoms with Gasteiger partial charge >= 0.3 is 6.18 Å². The molecule has 3 N–H and O–H groups in total. The zero-order chi connectivity index (χ0) is 23.1. The number of pyridine rings is 2. The molecule has 4 rings (SSSR count). The van der Waals surface area contributed by atoms with Crippen LogP contribution in [0.5, 0.6) is 0 Å². The van der Waals surface area contributed by atoms with Crippen LogP contribution in [-0.2, 0) is 18.1 Å². The van der Waals surface area contributed by atoms with E-state index in [2.05, 4.69) is 20.3 Å². The summed E-state index contributed by atoms with van der Waals surface area (Å²) in [4.78, 5) is 24.5. The Morgan fingerprint density at radius 2 is 1.94 bits per heavy atom. The Labute approximate surface area is 180 Å². The van der Waals surface area contributed by atoms with Gasteiger partial charge in [0, 0.05) is 41.8 Å². The molecule has 0 fully saturated rings. The SMILES string of the molecule is CC1(c2cc(NC(=O)c3ccc(C(F)(F)F)cn3)ccc2F)Cc2ccncc2C(N)=N1. The van der Waals surface area contributed by atoms with Crippen LogP contribution in [0.15, 0.2) is 60.0 Å². The van der Waals surface area contributed by atoms with Gasteiger partial charge in [-0.25, -0.2) is 4.39 Å². The van der Waals surface area contributed by atoms with Crippen LogP contribution < -0.4 is 11.1 Å². The molecule has 0 radical (unpaired) electrons. The largest absolute Gasteiger partial charge is 0.417 e. The van der Waals surface area contributed by atoms with Crippen molar-refractivity contribution in [3.05, 3.63) is 88.8 Å². The van der Waals surface area contributed by atoms with Crippen LogP contribution in [0.1, 0.15) is 39.7 Å². The first kappa shape index (κ1) is 21.4. The molecule has 1 aliphatic rings. The van der Waals surface area contributed by atoms with Gasteiger partial charge in [-0.05, 0) is 48.9 Å². The van der Waals surface area contributed by atoms with Gasteiger partial charge in [-0.3, -0.25) is 19.8 Å². The molecule has 32 heavy (non-hydrogen) atoms. The smallest absolute Gasteiger partial charge is 0.383 e. The lowest BCUT2D eigenvalue weighted by molar-refractivity contribution is -0.137. The van der Waals surface area contributed by atoms with E-state index in [0.717, 1.165) is 17.7 Å². The first-order valence-electron chi connectivity index (χ1n) is 9.50. The number of halogens is 4. The van der Waals surface area contributed by atoms with E-state index in [4.69, 9.17) is 5.73 Å². The van der Waals surface area contributed by atoms with E-state index >= 15 is 0 Å². The maximum Gasteiger partial charge on any atom is 0.417 e. The van der Waals surface area contributed by atoms with Gasteiger partial charge in [0.1, 0.15) is 17.3 Å². The minimum atomic E-state index is -4.56. The van der Waals surface area contributed by atoms with Crippen LogP contribution in [0.4, 0.5) is 23.2 Å². The number of nitrogens with zero attached hydrogens (tertiary/aromatic N) is 3. The van der Waals surface area contributed by atoms with E-state index in [1.807, 2.05) is 0 Å². The number of aliphatic imine (C=N–C) groups is 1. The predicted molar refractivity (Wildman–Crippen MR) is 110 cm³/mol. The minimum Gasteiger partial charge on any atom is -0.383 e. The molecule has 3 heterocycles. The molecule has 0 saturated carbocycles. The van der Waals surface area contributed by atoms with E-state index in [0.29, 0.717) is 18.2 Å². The molecule has 1 aliphatic heterocycles. The van der Waals surface area contributed by atoms with Crippen molar-refractivity contribution in [2.45, 2.75) is 25.1 Å². The van der Waals surface area contributed by atoms with Gasteiger partial charge in [-0.15, -0.1) is 0 Å². The van der Waals surface area contributed by atoms with Crippen molar-refractivity contribution >= 4 is 17.4 Å². The third-order valence-corrected chi connectivity index (χ3v) is 5.22. The number of carbonyl (C=O) groups excluding carboxylic acids is 1. The van der Waals surface area contributed by atoms with E-state index in [1.54, 1.807) is 25.4 Å². The number of carbonyl (C=O) groups is 1. The van der Waals surface area contributed by atoms with E-state index in [-0.39, 0.29) is 22.8 Å². The zero-order valence-electron chi connectivity index (χ0n) is 16.7. The first-order valence-corrected chi connectivity index (χ1v) is 9.50. The molecule has 0 bridgehead atoms. The van der Waals surface area contributed by atoms with Gasteiger partial charge in [-0.1, -0.05) is 0 Å². The van der Waals surface area contributed by atoms with Crippen molar-refractivity contribution in [1.82, 2.24) is 9.97 Å². The average molecular weight is 443 g/mol. The third kappa shape index (κ3) is 4.03. The highest BCUT2D eigenvalue weighted by molar-refractivity contribution is 6.03. The second kappa shape index (κ2) is 7.70. The first-order chi connectivity index (χ1) is 15.1. The summed E-state index contributed by atoms with van der Waals surface area (Å²) in [5.41, 5.74) is 5.86. The number of alkyl halides is 3. The summed E-state index contributed by atoms with van der Waals surface area (Å²) in [6.45, 7) is 1.73. The fraction of sp³-hybridized carbons (Fsp3) is 0.182. The number of amides is 1. The highest BCUT2D eigenvalue weighted by atomic mass is 19.4. The molecule has 1 atom stereocenters. The Balaban J connectivity index is 1.61. The molecule has 3 aromatic rings. The van der Waals surface area contributed by atoms with Gasteiger partial charge in [0.2, 0.25) is 0 Å². The maximum atomic E-state index is 14.8. The number of amidine groups is 1. The zero-order valence-corrected chi connectivity index (χ0v) is 16.7. The van der Waals surface area contributed by atoms with Crippen molar-refractivity contribution in [1.29, 1.82) is 0 Å². The Kier molecular flexibility index (Phi) is 5.15. The maximum absolute atomic E-state index is 14.8. The lowest BCUT2D eigenvalue weighted by Crippen LogP contribution is -2.34. The molecule has 0 saturated heterocycles. The Hall–Kier alpha value is -3.82. The van der Waals surface area contributed by atoms with E-state index < -0.39 is 29.0 Å². The predicted octanol–water partition coefficient (Wildman–Crippen LogP) is 4.06. The number of hydrogen-bond donors (Lipinski definition) is 2. The summed E-state index contributed by atoms with van der Waals surface area (Å²) in [5.74, 6) is -1.04. The highest BCUT2D eigenvalue weighted by Gasteiger charge is 2.35. The summed E-state index contributed by atoms with van der Waals surface area (Å²) in [7, 11) is 0. The average Bonchev–Trinajstić information content (AvgIpc) is 2.74. The Morgan fingerprint density at radius 1 is 1.16 bits per heavy atom. The van der Waals surface area contributed by atoms with Crippen molar-refractivity contribution < 1.29 is 22.4 Å². The second-order valence-electron chi connectivity index (χ2n) is 7.56. The van der Waals surface area contributed by atoms with Gasteiger partial charge in [0.25, 0.3) is 5.91 Å². The standard InChI is InChI=1S/C22H17F4N5O/c1-21(9-12-6-7-28-11-15(12)19(27)31-21)16-8-14(3-4-17(16)23)30-20(32)18-5-2-13(10-29-18)22(24,25)26/h2-8,10-11H,9H2,1H3,(H2,27,31)(H,30,32). The molecule has 2 aromatic heterocycles. The highest BCUT2D eigenvalue weighted by Crippen LogP contribution is 2.37. The van der Waals surface area contributed by atoms with Gasteiger partial charge in [0.05, 0.1) is 11.1 Å². The number of anilines is 1. The molecule has 1 unspecified atom stereocenters. The van der Waals surface area contributed by atoms with Gasteiger partial charge in [0.15, 0.2) is 0 Å². The van der Waals surface area contributed by atoms with Gasteiger partial charge < -0.3 is 11.1 Å². The van der Waals surface area contributed by atoms with E-state index in [9.17, 15) is 22.4 Å². The van der Waals surface area contributed by atoms with Crippen LogP contribution in [0.3, 0.4) is 0 Å². The fourth-order valence-electron chi connectivity index (χ4n) is 3.61. The number of aromatic nitrogens is 2. The molecular weight excluding hydrogens is 426 g/mol. The number of hydrogen-bond acceptors (Lipinski definition) is 5. The molecule has 6 nitrogen and oxygen atoms in total. The number of rotatable bonds is 3. The number of nitrogens with one attached hydrogen (secondary N) is 1. The van der Waals surface area contributed by atoms with Crippen molar-refractivity contribution in [2.24, 2.45) is 10.7 Å². The molecule has 1 aromatic carbocycles. The van der Waals surface area contributed by atoms with Crippen LogP contribution in [0, 0.1) is 5.82 Å². The third-order valence-electron chi connectivity index (χ3n) is 5.22. The van der Waals surface area contributed by atoms with E-state index in [1.165, 1.54) is 18.2 Å². The molecule has 0 aliphatic carbocycles.